The van der Waals surface area contributed by atoms with Crippen molar-refractivity contribution in [1.29, 1.82) is 0 Å². The van der Waals surface area contributed by atoms with Crippen LogP contribution >= 0.6 is 0 Å². The summed E-state index contributed by atoms with van der Waals surface area (Å²) in [5.74, 6) is 0.154. The molecule has 1 aromatic rings. The van der Waals surface area contributed by atoms with Crippen molar-refractivity contribution in [2.75, 3.05) is 19.8 Å². The van der Waals surface area contributed by atoms with E-state index in [0.717, 1.165) is 24.9 Å². The van der Waals surface area contributed by atoms with Crippen molar-refractivity contribution in [3.8, 4) is 0 Å². The van der Waals surface area contributed by atoms with Crippen LogP contribution in [0.25, 0.3) is 0 Å². The predicted octanol–water partition coefficient (Wildman–Crippen LogP) is 1.69. The lowest BCUT2D eigenvalue weighted by Gasteiger charge is -2.36. The van der Waals surface area contributed by atoms with Crippen LogP contribution < -0.4 is 0 Å². The molecule has 1 spiro atoms. The van der Waals surface area contributed by atoms with Crippen LogP contribution in [-0.2, 0) is 4.74 Å². The number of amides is 1. The molecular formula is C13H15NO2. The molecule has 2 aliphatic rings. The van der Waals surface area contributed by atoms with Crippen molar-refractivity contribution in [2.24, 2.45) is 0 Å². The molecule has 0 unspecified atom stereocenters. The molecule has 16 heavy (non-hydrogen) atoms. The average molecular weight is 217 g/mol. The summed E-state index contributed by atoms with van der Waals surface area (Å²) in [5, 5.41) is 0. The van der Waals surface area contributed by atoms with E-state index in [1.54, 1.807) is 0 Å². The zero-order chi connectivity index (χ0) is 11.0. The van der Waals surface area contributed by atoms with Crippen LogP contribution in [0.15, 0.2) is 30.3 Å². The van der Waals surface area contributed by atoms with Gasteiger partial charge in [-0.1, -0.05) is 18.2 Å². The summed E-state index contributed by atoms with van der Waals surface area (Å²) in [6.07, 6.45) is 2.18. The molecule has 1 aliphatic heterocycles. The van der Waals surface area contributed by atoms with E-state index in [1.807, 2.05) is 35.2 Å². The van der Waals surface area contributed by atoms with Gasteiger partial charge >= 0.3 is 0 Å². The van der Waals surface area contributed by atoms with E-state index < -0.39 is 0 Å². The zero-order valence-electron chi connectivity index (χ0n) is 9.19. The molecule has 1 heterocycles. The Hall–Kier alpha value is -1.35. The van der Waals surface area contributed by atoms with Crippen molar-refractivity contribution >= 4 is 5.91 Å². The Morgan fingerprint density at radius 3 is 2.69 bits per heavy atom. The molecule has 2 fully saturated rings. The minimum atomic E-state index is 0.0329. The van der Waals surface area contributed by atoms with Gasteiger partial charge in [0, 0.05) is 12.1 Å². The third kappa shape index (κ3) is 1.52. The van der Waals surface area contributed by atoms with Gasteiger partial charge in [0.1, 0.15) is 0 Å². The highest BCUT2D eigenvalue weighted by Gasteiger charge is 2.52. The molecule has 3 nitrogen and oxygen atoms in total. The van der Waals surface area contributed by atoms with Gasteiger partial charge < -0.3 is 9.64 Å². The first-order chi connectivity index (χ1) is 7.82. The number of carbonyl (C=O) groups excluding carboxylic acids is 1. The van der Waals surface area contributed by atoms with Crippen LogP contribution in [-0.4, -0.2) is 36.1 Å². The quantitative estimate of drug-likeness (QED) is 0.716. The van der Waals surface area contributed by atoms with Crippen molar-refractivity contribution in [3.05, 3.63) is 35.9 Å². The van der Waals surface area contributed by atoms with Crippen LogP contribution in [0.5, 0.6) is 0 Å². The Morgan fingerprint density at radius 2 is 2.00 bits per heavy atom. The Kier molecular flexibility index (Phi) is 2.21. The topological polar surface area (TPSA) is 29.5 Å². The Bertz CT molecular complexity index is 398. The summed E-state index contributed by atoms with van der Waals surface area (Å²) in [6.45, 7) is 2.11. The second kappa shape index (κ2) is 3.59. The molecule has 1 saturated carbocycles. The normalized spacial score (nSPS) is 22.1. The molecule has 0 atom stereocenters. The van der Waals surface area contributed by atoms with E-state index >= 15 is 0 Å². The molecule has 0 radical (unpaired) electrons. The smallest absolute Gasteiger partial charge is 0.254 e. The van der Waals surface area contributed by atoms with E-state index in [1.165, 1.54) is 0 Å². The van der Waals surface area contributed by atoms with Gasteiger partial charge in [-0.2, -0.15) is 0 Å². The van der Waals surface area contributed by atoms with Crippen LogP contribution in [0.2, 0.25) is 0 Å². The van der Waals surface area contributed by atoms with Gasteiger partial charge in [-0.05, 0) is 25.0 Å². The highest BCUT2D eigenvalue weighted by molar-refractivity contribution is 5.95. The molecule has 3 rings (SSSR count). The van der Waals surface area contributed by atoms with E-state index in [0.29, 0.717) is 13.2 Å². The fourth-order valence-electron chi connectivity index (χ4n) is 2.35. The van der Waals surface area contributed by atoms with E-state index in [2.05, 4.69) is 0 Å². The summed E-state index contributed by atoms with van der Waals surface area (Å²) in [4.78, 5) is 14.3. The van der Waals surface area contributed by atoms with Crippen molar-refractivity contribution in [1.82, 2.24) is 4.90 Å². The van der Waals surface area contributed by atoms with Crippen molar-refractivity contribution in [2.45, 2.75) is 18.4 Å². The fraction of sp³-hybridized carbons (Fsp3) is 0.462. The van der Waals surface area contributed by atoms with Gasteiger partial charge in [-0.3, -0.25) is 4.79 Å². The first kappa shape index (κ1) is 9.85. The molecule has 1 amide bonds. The summed E-state index contributed by atoms with van der Waals surface area (Å²) >= 11 is 0. The number of hydrogen-bond donors (Lipinski definition) is 0. The predicted molar refractivity (Wildman–Crippen MR) is 60.3 cm³/mol. The largest absolute Gasteiger partial charge is 0.377 e. The number of hydrogen-bond acceptors (Lipinski definition) is 2. The van der Waals surface area contributed by atoms with Crippen molar-refractivity contribution in [3.63, 3.8) is 0 Å². The molecular weight excluding hydrogens is 202 g/mol. The maximum absolute atomic E-state index is 12.3. The Labute approximate surface area is 95.0 Å². The SMILES string of the molecule is O=C(c1ccccc1)N1CCOCC12CC2. The van der Waals surface area contributed by atoms with Crippen LogP contribution in [0.1, 0.15) is 23.2 Å². The Balaban J connectivity index is 1.84. The average Bonchev–Trinajstić information content (AvgIpc) is 3.10. The van der Waals surface area contributed by atoms with Gasteiger partial charge in [0.15, 0.2) is 0 Å². The van der Waals surface area contributed by atoms with Gasteiger partial charge in [-0.15, -0.1) is 0 Å². The van der Waals surface area contributed by atoms with Gasteiger partial charge in [0.2, 0.25) is 0 Å². The van der Waals surface area contributed by atoms with Crippen LogP contribution in [0.4, 0.5) is 0 Å². The minimum Gasteiger partial charge on any atom is -0.377 e. The standard InChI is InChI=1S/C13H15NO2/c15-12(11-4-2-1-3-5-11)14-8-9-16-10-13(14)6-7-13/h1-5H,6-10H2. The molecule has 1 saturated heterocycles. The number of nitrogens with zero attached hydrogens (tertiary/aromatic N) is 1. The number of benzene rings is 1. The van der Waals surface area contributed by atoms with E-state index in [9.17, 15) is 4.79 Å². The Morgan fingerprint density at radius 1 is 1.25 bits per heavy atom. The number of ether oxygens (including phenoxy) is 1. The lowest BCUT2D eigenvalue weighted by atomic mass is 10.1. The molecule has 1 aromatic carbocycles. The molecule has 84 valence electrons. The van der Waals surface area contributed by atoms with E-state index in [4.69, 9.17) is 4.74 Å². The summed E-state index contributed by atoms with van der Waals surface area (Å²) < 4.78 is 5.47. The zero-order valence-corrected chi connectivity index (χ0v) is 9.19. The monoisotopic (exact) mass is 217 g/mol. The highest BCUT2D eigenvalue weighted by atomic mass is 16.5. The second-order valence-electron chi connectivity index (χ2n) is 4.60. The lowest BCUT2D eigenvalue weighted by molar-refractivity contribution is -0.0117. The second-order valence-corrected chi connectivity index (χ2v) is 4.60. The van der Waals surface area contributed by atoms with Crippen molar-refractivity contribution < 1.29 is 9.53 Å². The third-order valence-corrected chi connectivity index (χ3v) is 3.50. The highest BCUT2D eigenvalue weighted by Crippen LogP contribution is 2.44. The number of carbonyl (C=O) groups is 1. The maximum Gasteiger partial charge on any atom is 0.254 e. The lowest BCUT2D eigenvalue weighted by Crippen LogP contribution is -2.50. The van der Waals surface area contributed by atoms with E-state index in [-0.39, 0.29) is 11.4 Å². The summed E-state index contributed by atoms with van der Waals surface area (Å²) in [6, 6.07) is 9.52. The summed E-state index contributed by atoms with van der Waals surface area (Å²) in [7, 11) is 0. The molecule has 1 aliphatic carbocycles. The minimum absolute atomic E-state index is 0.0329. The fourth-order valence-corrected chi connectivity index (χ4v) is 2.35. The molecule has 0 N–H and O–H groups in total. The number of morpholine rings is 1. The molecule has 3 heteroatoms. The molecule has 0 aromatic heterocycles. The molecule has 0 bridgehead atoms. The van der Waals surface area contributed by atoms with Gasteiger partial charge in [0.25, 0.3) is 5.91 Å². The first-order valence-electron chi connectivity index (χ1n) is 5.77. The third-order valence-electron chi connectivity index (χ3n) is 3.50. The van der Waals surface area contributed by atoms with Gasteiger partial charge in [-0.25, -0.2) is 0 Å². The first-order valence-corrected chi connectivity index (χ1v) is 5.77. The van der Waals surface area contributed by atoms with Gasteiger partial charge in [0.05, 0.1) is 18.8 Å². The number of rotatable bonds is 1. The maximum atomic E-state index is 12.3. The summed E-state index contributed by atoms with van der Waals surface area (Å²) in [5.41, 5.74) is 0.821. The van der Waals surface area contributed by atoms with Crippen LogP contribution in [0.3, 0.4) is 0 Å². The van der Waals surface area contributed by atoms with Crippen LogP contribution in [0, 0.1) is 0 Å².